The predicted octanol–water partition coefficient (Wildman–Crippen LogP) is 5.05. The highest BCUT2D eigenvalue weighted by molar-refractivity contribution is 9.10. The molecule has 0 heterocycles. The van der Waals surface area contributed by atoms with E-state index in [2.05, 4.69) is 15.9 Å². The van der Waals surface area contributed by atoms with E-state index >= 15 is 0 Å². The van der Waals surface area contributed by atoms with Gasteiger partial charge >= 0.3 is 0 Å². The van der Waals surface area contributed by atoms with E-state index in [1.807, 2.05) is 36.4 Å². The van der Waals surface area contributed by atoms with Crippen LogP contribution in [0.2, 0.25) is 5.02 Å². The zero-order valence-corrected chi connectivity index (χ0v) is 13.8. The Morgan fingerprint density at radius 3 is 2.90 bits per heavy atom. The largest absolute Gasteiger partial charge is 0.489 e. The Morgan fingerprint density at radius 1 is 1.24 bits per heavy atom. The van der Waals surface area contributed by atoms with E-state index in [1.54, 1.807) is 0 Å². The van der Waals surface area contributed by atoms with Crippen LogP contribution in [0.4, 0.5) is 0 Å². The predicted molar refractivity (Wildman–Crippen MR) is 87.8 cm³/mol. The standard InChI is InChI=1S/C17H16BrClO2/c18-13-5-4-12(16(19)9-13)10-21-14-6-7-15-11(8-14)2-1-3-17(15)20/h4-9,17,20H,1-3,10H2. The van der Waals surface area contributed by atoms with Gasteiger partial charge in [0.2, 0.25) is 0 Å². The molecule has 1 aliphatic carbocycles. The second-order valence-electron chi connectivity index (χ2n) is 5.29. The molecule has 1 atom stereocenters. The lowest BCUT2D eigenvalue weighted by molar-refractivity contribution is 0.156. The van der Waals surface area contributed by atoms with Crippen LogP contribution in [0, 0.1) is 0 Å². The highest BCUT2D eigenvalue weighted by Gasteiger charge is 2.18. The Morgan fingerprint density at radius 2 is 2.10 bits per heavy atom. The van der Waals surface area contributed by atoms with Gasteiger partial charge in [0.1, 0.15) is 12.4 Å². The van der Waals surface area contributed by atoms with E-state index in [-0.39, 0.29) is 6.10 Å². The van der Waals surface area contributed by atoms with Crippen LogP contribution in [0.5, 0.6) is 5.75 Å². The van der Waals surface area contributed by atoms with Crippen LogP contribution in [0.3, 0.4) is 0 Å². The molecule has 0 spiro atoms. The lowest BCUT2D eigenvalue weighted by Crippen LogP contribution is -2.09. The summed E-state index contributed by atoms with van der Waals surface area (Å²) in [5.74, 6) is 0.821. The van der Waals surface area contributed by atoms with E-state index in [0.29, 0.717) is 11.6 Å². The van der Waals surface area contributed by atoms with Crippen LogP contribution >= 0.6 is 27.5 Å². The fraction of sp³-hybridized carbons (Fsp3) is 0.294. The summed E-state index contributed by atoms with van der Waals surface area (Å²) in [5.41, 5.74) is 3.18. The van der Waals surface area contributed by atoms with Gasteiger partial charge in [-0.15, -0.1) is 0 Å². The van der Waals surface area contributed by atoms with Gasteiger partial charge in [0.15, 0.2) is 0 Å². The minimum atomic E-state index is -0.330. The van der Waals surface area contributed by atoms with Crippen LogP contribution in [-0.2, 0) is 13.0 Å². The summed E-state index contributed by atoms with van der Waals surface area (Å²) in [7, 11) is 0. The molecule has 21 heavy (non-hydrogen) atoms. The van der Waals surface area contributed by atoms with Crippen molar-refractivity contribution in [1.29, 1.82) is 0 Å². The normalized spacial score (nSPS) is 17.4. The van der Waals surface area contributed by atoms with Crippen molar-refractivity contribution in [3.8, 4) is 5.75 Å². The van der Waals surface area contributed by atoms with Crippen LogP contribution in [0.15, 0.2) is 40.9 Å². The third kappa shape index (κ3) is 3.42. The van der Waals surface area contributed by atoms with Crippen molar-refractivity contribution in [2.75, 3.05) is 0 Å². The van der Waals surface area contributed by atoms with E-state index in [4.69, 9.17) is 16.3 Å². The molecule has 4 heteroatoms. The number of hydrogen-bond donors (Lipinski definition) is 1. The number of benzene rings is 2. The van der Waals surface area contributed by atoms with Crippen molar-refractivity contribution in [2.45, 2.75) is 32.0 Å². The van der Waals surface area contributed by atoms with Crippen LogP contribution < -0.4 is 4.74 Å². The van der Waals surface area contributed by atoms with Crippen molar-refractivity contribution in [3.63, 3.8) is 0 Å². The first-order chi connectivity index (χ1) is 10.1. The smallest absolute Gasteiger partial charge is 0.120 e. The molecular formula is C17H16BrClO2. The first kappa shape index (κ1) is 14.9. The molecule has 1 aliphatic rings. The number of fused-ring (bicyclic) bond motifs is 1. The van der Waals surface area contributed by atoms with E-state index in [0.717, 1.165) is 40.6 Å². The average Bonchev–Trinajstić information content (AvgIpc) is 2.46. The van der Waals surface area contributed by atoms with Gasteiger partial charge in [-0.2, -0.15) is 0 Å². The second kappa shape index (κ2) is 6.39. The molecule has 0 aromatic heterocycles. The highest BCUT2D eigenvalue weighted by atomic mass is 79.9. The Kier molecular flexibility index (Phi) is 4.53. The molecule has 0 amide bonds. The first-order valence-electron chi connectivity index (χ1n) is 7.01. The Bertz CT molecular complexity index is 657. The summed E-state index contributed by atoms with van der Waals surface area (Å²) in [6, 6.07) is 11.7. The molecule has 0 saturated carbocycles. The third-order valence-electron chi connectivity index (χ3n) is 3.81. The molecule has 2 aromatic rings. The molecule has 1 unspecified atom stereocenters. The minimum absolute atomic E-state index is 0.330. The lowest BCUT2D eigenvalue weighted by atomic mass is 9.89. The first-order valence-corrected chi connectivity index (χ1v) is 8.18. The van der Waals surface area contributed by atoms with Gasteiger partial charge in [0.05, 0.1) is 6.10 Å². The molecular weight excluding hydrogens is 352 g/mol. The van der Waals surface area contributed by atoms with Gasteiger partial charge in [-0.05, 0) is 54.7 Å². The Balaban J connectivity index is 1.73. The number of aliphatic hydroxyl groups excluding tert-OH is 1. The quantitative estimate of drug-likeness (QED) is 0.822. The highest BCUT2D eigenvalue weighted by Crippen LogP contribution is 2.32. The fourth-order valence-electron chi connectivity index (χ4n) is 2.65. The number of aryl methyl sites for hydroxylation is 1. The average molecular weight is 368 g/mol. The number of halogens is 2. The third-order valence-corrected chi connectivity index (χ3v) is 4.65. The van der Waals surface area contributed by atoms with Crippen molar-refractivity contribution in [3.05, 3.63) is 62.6 Å². The van der Waals surface area contributed by atoms with Crippen molar-refractivity contribution < 1.29 is 9.84 Å². The van der Waals surface area contributed by atoms with E-state index in [1.165, 1.54) is 5.56 Å². The summed E-state index contributed by atoms with van der Waals surface area (Å²) in [4.78, 5) is 0. The maximum Gasteiger partial charge on any atom is 0.120 e. The second-order valence-corrected chi connectivity index (χ2v) is 6.62. The summed E-state index contributed by atoms with van der Waals surface area (Å²) in [6.45, 7) is 0.438. The van der Waals surface area contributed by atoms with Crippen molar-refractivity contribution >= 4 is 27.5 Å². The maximum atomic E-state index is 9.96. The van der Waals surface area contributed by atoms with Gasteiger partial charge in [-0.1, -0.05) is 39.7 Å². The molecule has 2 aromatic carbocycles. The Labute approximate surface area is 137 Å². The number of rotatable bonds is 3. The SMILES string of the molecule is OC1CCCc2cc(OCc3ccc(Br)cc3Cl)ccc21. The van der Waals surface area contributed by atoms with E-state index in [9.17, 15) is 5.11 Å². The van der Waals surface area contributed by atoms with Gasteiger partial charge in [0.25, 0.3) is 0 Å². The lowest BCUT2D eigenvalue weighted by Gasteiger charge is -2.21. The van der Waals surface area contributed by atoms with Crippen LogP contribution in [-0.4, -0.2) is 5.11 Å². The Hall–Kier alpha value is -1.03. The summed E-state index contributed by atoms with van der Waals surface area (Å²) < 4.78 is 6.79. The zero-order valence-electron chi connectivity index (χ0n) is 11.5. The number of aliphatic hydroxyl groups is 1. The molecule has 0 bridgehead atoms. The number of ether oxygens (including phenoxy) is 1. The van der Waals surface area contributed by atoms with Crippen LogP contribution in [0.25, 0.3) is 0 Å². The molecule has 0 saturated heterocycles. The molecule has 2 nitrogen and oxygen atoms in total. The van der Waals surface area contributed by atoms with Gasteiger partial charge in [-0.3, -0.25) is 0 Å². The molecule has 1 N–H and O–H groups in total. The summed E-state index contributed by atoms with van der Waals surface area (Å²) >= 11 is 9.58. The monoisotopic (exact) mass is 366 g/mol. The molecule has 0 aliphatic heterocycles. The fourth-order valence-corrected chi connectivity index (χ4v) is 3.38. The summed E-state index contributed by atoms with van der Waals surface area (Å²) in [6.07, 6.45) is 2.55. The zero-order chi connectivity index (χ0) is 14.8. The molecule has 0 fully saturated rings. The van der Waals surface area contributed by atoms with E-state index < -0.39 is 0 Å². The molecule has 110 valence electrons. The minimum Gasteiger partial charge on any atom is -0.489 e. The van der Waals surface area contributed by atoms with Gasteiger partial charge < -0.3 is 9.84 Å². The van der Waals surface area contributed by atoms with Gasteiger partial charge in [-0.25, -0.2) is 0 Å². The topological polar surface area (TPSA) is 29.5 Å². The number of hydrogen-bond acceptors (Lipinski definition) is 2. The maximum absolute atomic E-state index is 9.96. The van der Waals surface area contributed by atoms with Crippen molar-refractivity contribution in [1.82, 2.24) is 0 Å². The summed E-state index contributed by atoms with van der Waals surface area (Å²) in [5, 5.41) is 10.7. The van der Waals surface area contributed by atoms with Gasteiger partial charge in [0, 0.05) is 15.1 Å². The molecule has 0 radical (unpaired) electrons. The van der Waals surface area contributed by atoms with Crippen molar-refractivity contribution in [2.24, 2.45) is 0 Å². The van der Waals surface area contributed by atoms with Crippen LogP contribution in [0.1, 0.15) is 35.6 Å². The molecule has 3 rings (SSSR count).